The fraction of sp³-hybridized carbons (Fsp3) is 0.613. The van der Waals surface area contributed by atoms with Crippen molar-refractivity contribution in [3.05, 3.63) is 47.5 Å². The average Bonchev–Trinajstić information content (AvgIpc) is 3.31. The minimum absolute atomic E-state index is 0.0399. The van der Waals surface area contributed by atoms with E-state index in [0.717, 1.165) is 18.4 Å². The van der Waals surface area contributed by atoms with Crippen LogP contribution in [0.25, 0.3) is 11.0 Å². The number of aromatic nitrogens is 4. The number of carbonyl (C=O) groups is 2. The number of nitrogens with one attached hydrogen (secondary N) is 3. The highest BCUT2D eigenvalue weighted by Gasteiger charge is 2.46. The second kappa shape index (κ2) is 11.2. The molecule has 12 heteroatoms. The second-order valence-corrected chi connectivity index (χ2v) is 13.1. The molecule has 3 atom stereocenters. The van der Waals surface area contributed by atoms with Crippen molar-refractivity contribution in [3.8, 4) is 0 Å². The summed E-state index contributed by atoms with van der Waals surface area (Å²) in [4.78, 5) is 34.1. The Balaban J connectivity index is 1.22. The maximum atomic E-state index is 14.1. The zero-order valence-electron chi connectivity index (χ0n) is 24.4. The molecule has 3 saturated carbocycles. The lowest BCUT2D eigenvalue weighted by Gasteiger charge is -2.34. The summed E-state index contributed by atoms with van der Waals surface area (Å²) >= 11 is 0. The standard InChI is InChI=1S/C31H38F4N6O2/c1-17(2)41-25(8-10-36-41)29(43)39-24(11-18-7-9-30(32,33)14-18)28-37-22-6-5-21(13-23(22)38-28)27(20-3-4-20)40-26(42)12-19-15-31(34,35)16-19/h5-6,8,10,13,17-20,24,27H,3-4,7,9,11-12,14-16H2,1-2H3,(H,37,38)(H,39,43)(H,40,42)/t18-,24+,27?/m1/s1. The monoisotopic (exact) mass is 602 g/mol. The molecule has 43 heavy (non-hydrogen) atoms. The van der Waals surface area contributed by atoms with Crippen molar-refractivity contribution in [2.75, 3.05) is 0 Å². The van der Waals surface area contributed by atoms with Gasteiger partial charge in [0, 0.05) is 44.3 Å². The number of rotatable bonds is 11. The fourth-order valence-electron chi connectivity index (χ4n) is 6.69. The molecular weight excluding hydrogens is 564 g/mol. The van der Waals surface area contributed by atoms with E-state index in [0.29, 0.717) is 35.4 Å². The molecule has 3 fully saturated rings. The first-order valence-electron chi connectivity index (χ1n) is 15.2. The number of amides is 2. The van der Waals surface area contributed by atoms with Crippen molar-refractivity contribution >= 4 is 22.8 Å². The van der Waals surface area contributed by atoms with Gasteiger partial charge in [-0.25, -0.2) is 22.5 Å². The van der Waals surface area contributed by atoms with Gasteiger partial charge in [0.2, 0.25) is 17.8 Å². The third kappa shape index (κ3) is 6.72. The quantitative estimate of drug-likeness (QED) is 0.214. The first-order valence-corrected chi connectivity index (χ1v) is 15.2. The van der Waals surface area contributed by atoms with Crippen LogP contribution in [0.5, 0.6) is 0 Å². The Labute approximate surface area is 247 Å². The number of carbonyl (C=O) groups excluding carboxylic acids is 2. The second-order valence-electron chi connectivity index (χ2n) is 13.1. The number of halogens is 4. The van der Waals surface area contributed by atoms with Crippen LogP contribution in [0.1, 0.15) is 112 Å². The summed E-state index contributed by atoms with van der Waals surface area (Å²) in [5, 5.41) is 10.3. The predicted octanol–water partition coefficient (Wildman–Crippen LogP) is 6.64. The number of benzene rings is 1. The van der Waals surface area contributed by atoms with E-state index in [-0.39, 0.29) is 73.8 Å². The minimum Gasteiger partial charge on any atom is -0.349 e. The van der Waals surface area contributed by atoms with Gasteiger partial charge in [-0.3, -0.25) is 14.3 Å². The Morgan fingerprint density at radius 3 is 2.42 bits per heavy atom. The molecule has 2 amide bonds. The highest BCUT2D eigenvalue weighted by atomic mass is 19.3. The van der Waals surface area contributed by atoms with Gasteiger partial charge in [-0.05, 0) is 81.0 Å². The van der Waals surface area contributed by atoms with E-state index in [9.17, 15) is 27.2 Å². The molecule has 8 nitrogen and oxygen atoms in total. The van der Waals surface area contributed by atoms with Crippen LogP contribution >= 0.6 is 0 Å². The molecule has 232 valence electrons. The van der Waals surface area contributed by atoms with Crippen LogP contribution in [0, 0.1) is 17.8 Å². The van der Waals surface area contributed by atoms with Gasteiger partial charge in [-0.2, -0.15) is 5.10 Å². The van der Waals surface area contributed by atoms with Crippen molar-refractivity contribution < 1.29 is 27.2 Å². The Morgan fingerprint density at radius 2 is 1.77 bits per heavy atom. The maximum Gasteiger partial charge on any atom is 0.270 e. The summed E-state index contributed by atoms with van der Waals surface area (Å²) in [6, 6.07) is 6.39. The smallest absolute Gasteiger partial charge is 0.270 e. The predicted molar refractivity (Wildman–Crippen MR) is 152 cm³/mol. The number of alkyl halides is 4. The van der Waals surface area contributed by atoms with Crippen LogP contribution in [0.15, 0.2) is 30.5 Å². The van der Waals surface area contributed by atoms with Gasteiger partial charge < -0.3 is 15.6 Å². The molecular formula is C31H38F4N6O2. The van der Waals surface area contributed by atoms with Gasteiger partial charge in [0.15, 0.2) is 0 Å². The summed E-state index contributed by atoms with van der Waals surface area (Å²) < 4.78 is 56.2. The van der Waals surface area contributed by atoms with Crippen molar-refractivity contribution in [1.82, 2.24) is 30.4 Å². The molecule has 0 radical (unpaired) electrons. The summed E-state index contributed by atoms with van der Waals surface area (Å²) in [5.74, 6) is -5.77. The van der Waals surface area contributed by atoms with Crippen molar-refractivity contribution in [2.24, 2.45) is 17.8 Å². The largest absolute Gasteiger partial charge is 0.349 e. The molecule has 0 aliphatic heterocycles. The molecule has 3 aromatic rings. The fourth-order valence-corrected chi connectivity index (χ4v) is 6.69. The van der Waals surface area contributed by atoms with Crippen molar-refractivity contribution in [1.29, 1.82) is 0 Å². The number of nitrogens with zero attached hydrogens (tertiary/aromatic N) is 3. The Hall–Kier alpha value is -3.44. The minimum atomic E-state index is -2.71. The molecule has 1 aromatic carbocycles. The molecule has 3 aliphatic rings. The van der Waals surface area contributed by atoms with E-state index >= 15 is 0 Å². The highest BCUT2D eigenvalue weighted by Crippen LogP contribution is 2.46. The van der Waals surface area contributed by atoms with Crippen LogP contribution < -0.4 is 10.6 Å². The van der Waals surface area contributed by atoms with Crippen LogP contribution in [0.3, 0.4) is 0 Å². The summed E-state index contributed by atoms with van der Waals surface area (Å²) in [7, 11) is 0. The molecule has 2 heterocycles. The highest BCUT2D eigenvalue weighted by molar-refractivity contribution is 5.92. The van der Waals surface area contributed by atoms with Gasteiger partial charge in [-0.15, -0.1) is 0 Å². The molecule has 3 N–H and O–H groups in total. The molecule has 3 aliphatic carbocycles. The molecule has 2 aromatic heterocycles. The van der Waals surface area contributed by atoms with E-state index in [2.05, 4.69) is 20.7 Å². The van der Waals surface area contributed by atoms with Gasteiger partial charge in [0.05, 0.1) is 23.1 Å². The molecule has 0 spiro atoms. The first kappa shape index (κ1) is 29.6. The first-order chi connectivity index (χ1) is 20.4. The number of imidazole rings is 1. The lowest BCUT2D eigenvalue weighted by molar-refractivity contribution is -0.134. The van der Waals surface area contributed by atoms with Gasteiger partial charge in [-0.1, -0.05) is 6.07 Å². The van der Waals surface area contributed by atoms with Crippen LogP contribution in [-0.2, 0) is 4.79 Å². The zero-order chi connectivity index (χ0) is 30.5. The maximum absolute atomic E-state index is 14.1. The lowest BCUT2D eigenvalue weighted by atomic mass is 9.79. The van der Waals surface area contributed by atoms with Crippen LogP contribution in [-0.4, -0.2) is 43.4 Å². The van der Waals surface area contributed by atoms with Crippen LogP contribution in [0.4, 0.5) is 17.6 Å². The molecule has 0 saturated heterocycles. The Bertz CT molecular complexity index is 1490. The van der Waals surface area contributed by atoms with Crippen molar-refractivity contribution in [3.63, 3.8) is 0 Å². The lowest BCUT2D eigenvalue weighted by Crippen LogP contribution is -2.39. The van der Waals surface area contributed by atoms with Gasteiger partial charge >= 0.3 is 0 Å². The van der Waals surface area contributed by atoms with Crippen LogP contribution in [0.2, 0.25) is 0 Å². The van der Waals surface area contributed by atoms with Gasteiger partial charge in [0.1, 0.15) is 11.5 Å². The van der Waals surface area contributed by atoms with E-state index < -0.39 is 17.9 Å². The SMILES string of the molecule is CC(C)n1nccc1C(=O)N[C@@H](C[C@H]1CCC(F)(F)C1)c1nc2ccc(C(NC(=O)CC3CC(F)(F)C3)C3CC3)cc2[nH]1. The third-order valence-corrected chi connectivity index (χ3v) is 9.04. The zero-order valence-corrected chi connectivity index (χ0v) is 24.4. The van der Waals surface area contributed by atoms with E-state index in [4.69, 9.17) is 4.98 Å². The normalized spacial score (nSPS) is 22.8. The van der Waals surface area contributed by atoms with Crippen molar-refractivity contribution in [2.45, 2.75) is 102 Å². The summed E-state index contributed by atoms with van der Waals surface area (Å²) in [5.41, 5.74) is 2.62. The average molecular weight is 603 g/mol. The third-order valence-electron chi connectivity index (χ3n) is 9.04. The Kier molecular flexibility index (Phi) is 7.75. The topological polar surface area (TPSA) is 105 Å². The van der Waals surface area contributed by atoms with Gasteiger partial charge in [0.25, 0.3) is 5.91 Å². The number of aromatic amines is 1. The van der Waals surface area contributed by atoms with E-state index in [1.807, 2.05) is 32.0 Å². The molecule has 6 rings (SSSR count). The number of fused-ring (bicyclic) bond motifs is 1. The Morgan fingerprint density at radius 1 is 1.02 bits per heavy atom. The van der Waals surface area contributed by atoms with E-state index in [1.165, 1.54) is 0 Å². The van der Waals surface area contributed by atoms with E-state index in [1.54, 1.807) is 16.9 Å². The number of hydrogen-bond donors (Lipinski definition) is 3. The summed E-state index contributed by atoms with van der Waals surface area (Å²) in [6.45, 7) is 3.84. The molecule has 0 bridgehead atoms. The molecule has 1 unspecified atom stereocenters. The number of hydrogen-bond acceptors (Lipinski definition) is 4. The summed E-state index contributed by atoms with van der Waals surface area (Å²) in [6.07, 6.45) is 3.37. The number of H-pyrrole nitrogens is 1.